The lowest BCUT2D eigenvalue weighted by Gasteiger charge is -2.55. The summed E-state index contributed by atoms with van der Waals surface area (Å²) in [6.07, 6.45) is -0.443. The van der Waals surface area contributed by atoms with Crippen molar-refractivity contribution in [2.75, 3.05) is 25.1 Å². The number of carbonyl (C=O) groups is 4. The molecular formula is C20H21N9O7S3. The number of hydrogen-bond acceptors (Lipinski definition) is 14. The number of amides is 2. The zero-order valence-corrected chi connectivity index (χ0v) is 22.4. The number of oxime groups is 1. The maximum Gasteiger partial charge on any atom is 0.353 e. The van der Waals surface area contributed by atoms with Crippen LogP contribution in [0.5, 0.6) is 0 Å². The van der Waals surface area contributed by atoms with Gasteiger partial charge in [0, 0.05) is 35.5 Å². The molecule has 1 aromatic rings. The highest BCUT2D eigenvalue weighted by molar-refractivity contribution is 8.00. The Morgan fingerprint density at radius 2 is 2.15 bits per heavy atom. The Bertz CT molecular complexity index is 1390. The fourth-order valence-electron chi connectivity index (χ4n) is 4.03. The lowest BCUT2D eigenvalue weighted by Crippen LogP contribution is -2.81. The van der Waals surface area contributed by atoms with Crippen molar-refractivity contribution < 1.29 is 34.2 Å². The third-order valence-electron chi connectivity index (χ3n) is 5.89. The van der Waals surface area contributed by atoms with Gasteiger partial charge in [0.05, 0.1) is 6.17 Å². The number of carbonyl (C=O) groups excluding carboxylic acids is 2. The van der Waals surface area contributed by atoms with Crippen LogP contribution in [0.4, 0.5) is 5.13 Å². The van der Waals surface area contributed by atoms with E-state index >= 15 is 0 Å². The van der Waals surface area contributed by atoms with Crippen molar-refractivity contribution in [1.82, 2.24) is 20.1 Å². The number of nitrogens with zero attached hydrogens (tertiary/aromatic N) is 5. The Morgan fingerprint density at radius 1 is 1.44 bits per heavy atom. The molecule has 1 saturated heterocycles. The normalized spacial score (nSPS) is 25.0. The molecular weight excluding hydrogens is 574 g/mol. The third-order valence-corrected chi connectivity index (χ3v) is 8.29. The zero-order chi connectivity index (χ0) is 28.6. The van der Waals surface area contributed by atoms with Gasteiger partial charge >= 0.3 is 11.9 Å². The van der Waals surface area contributed by atoms with E-state index in [1.807, 2.05) is 0 Å². The first-order valence-corrected chi connectivity index (χ1v) is 13.3. The number of anilines is 1. The molecule has 0 radical (unpaired) electrons. The van der Waals surface area contributed by atoms with E-state index in [4.69, 9.17) is 39.0 Å². The summed E-state index contributed by atoms with van der Waals surface area (Å²) >= 11 is 7.22. The molecule has 4 heterocycles. The number of aliphatic carboxylic acids is 2. The Balaban J connectivity index is 1.67. The first-order valence-electron chi connectivity index (χ1n) is 10.9. The van der Waals surface area contributed by atoms with Crippen molar-refractivity contribution in [3.8, 4) is 0 Å². The van der Waals surface area contributed by atoms with Crippen LogP contribution in [0.25, 0.3) is 0 Å². The Labute approximate surface area is 233 Å². The van der Waals surface area contributed by atoms with E-state index in [1.165, 1.54) is 10.3 Å². The molecule has 0 spiro atoms. The number of rotatable bonds is 9. The number of hydrogen-bond donors (Lipinski definition) is 6. The van der Waals surface area contributed by atoms with Crippen molar-refractivity contribution in [3.63, 3.8) is 0 Å². The van der Waals surface area contributed by atoms with Crippen molar-refractivity contribution in [2.24, 2.45) is 15.9 Å². The summed E-state index contributed by atoms with van der Waals surface area (Å²) in [6, 6.07) is 0. The van der Waals surface area contributed by atoms with Crippen LogP contribution in [0.2, 0.25) is 0 Å². The van der Waals surface area contributed by atoms with Crippen molar-refractivity contribution in [2.45, 2.75) is 23.5 Å². The lowest BCUT2D eigenvalue weighted by molar-refractivity contribution is -0.153. The van der Waals surface area contributed by atoms with Gasteiger partial charge < -0.3 is 36.7 Å². The second-order valence-corrected chi connectivity index (χ2v) is 10.5. The minimum atomic E-state index is -1.82. The Kier molecular flexibility index (Phi) is 7.68. The van der Waals surface area contributed by atoms with Crippen LogP contribution in [0, 0.1) is 5.41 Å². The number of aromatic nitrogens is 1. The number of thiazole rings is 1. The van der Waals surface area contributed by atoms with Crippen molar-refractivity contribution in [1.29, 1.82) is 5.41 Å². The number of fused-ring (bicyclic) bond motifs is 1. The molecule has 3 aliphatic heterocycles. The number of carboxylic acid groups (broad SMARTS) is 2. The fraction of sp³-hybridized carbons (Fsp3) is 0.350. The molecule has 19 heteroatoms. The molecule has 1 aromatic heterocycles. The molecule has 3 atom stereocenters. The highest BCUT2D eigenvalue weighted by atomic mass is 32.2. The summed E-state index contributed by atoms with van der Waals surface area (Å²) < 4.78 is 0. The predicted octanol–water partition coefficient (Wildman–Crippen LogP) is -1.36. The maximum atomic E-state index is 13.5. The minimum absolute atomic E-state index is 0.0324. The van der Waals surface area contributed by atoms with E-state index in [1.54, 1.807) is 7.05 Å². The quantitative estimate of drug-likeness (QED) is 0.0836. The van der Waals surface area contributed by atoms with Gasteiger partial charge in [-0.25, -0.2) is 19.6 Å². The number of thioether (sulfide) groups is 1. The molecule has 0 saturated carbocycles. The van der Waals surface area contributed by atoms with E-state index in [2.05, 4.69) is 20.4 Å². The third kappa shape index (κ3) is 4.95. The van der Waals surface area contributed by atoms with Gasteiger partial charge in [-0.2, -0.15) is 0 Å². The molecule has 2 amide bonds. The summed E-state index contributed by atoms with van der Waals surface area (Å²) in [5.41, 5.74) is 9.19. The standard InChI is InChI=1S/C20H21N9O7S3/c1-28-10(22)2-9(21)25-14(28)7-4-38-18-20(6-37,17(35)29(18)13(7)16(33)34)26-15(32)12(27-36-3-11(30)31)8-5-39-19(23)24-8/h5-6,10,18,21H,2-4,22H2,1H3,(H2,23,24)(H,26,32)(H,30,31)(H,33,34)/t10?,18-,20?/m0/s1. The molecule has 1 fully saturated rings. The highest BCUT2D eigenvalue weighted by Crippen LogP contribution is 2.46. The summed E-state index contributed by atoms with van der Waals surface area (Å²) in [5.74, 6) is -4.41. The second-order valence-electron chi connectivity index (χ2n) is 8.35. The fourth-order valence-corrected chi connectivity index (χ4v) is 6.38. The second kappa shape index (κ2) is 10.7. The smallest absolute Gasteiger partial charge is 0.353 e. The molecule has 0 bridgehead atoms. The zero-order valence-electron chi connectivity index (χ0n) is 20.0. The topological polar surface area (TPSA) is 250 Å². The number of carboxylic acids is 2. The molecule has 0 aliphatic carbocycles. The number of nitrogen functional groups attached to an aromatic ring is 1. The van der Waals surface area contributed by atoms with Gasteiger partial charge in [0.1, 0.15) is 28.4 Å². The molecule has 4 rings (SSSR count). The van der Waals surface area contributed by atoms with Gasteiger partial charge in [-0.15, -0.1) is 23.1 Å². The average Bonchev–Trinajstić information content (AvgIpc) is 3.31. The van der Waals surface area contributed by atoms with Crippen LogP contribution in [-0.4, -0.2) is 108 Å². The van der Waals surface area contributed by atoms with Gasteiger partial charge in [0.25, 0.3) is 11.8 Å². The van der Waals surface area contributed by atoms with Crippen LogP contribution in [0.1, 0.15) is 12.1 Å². The van der Waals surface area contributed by atoms with E-state index in [0.29, 0.717) is 0 Å². The predicted molar refractivity (Wildman–Crippen MR) is 144 cm³/mol. The SMILES string of the molecule is CN1C(C2=C(C(=O)O)N3C(=O)C(C=S)(NC(=O)C(=NOCC(=O)O)c4csc(N)n4)[C@@H]3SC2)=NC(=N)CC1N. The Hall–Kier alpha value is -3.94. The van der Waals surface area contributed by atoms with Gasteiger partial charge in [0.15, 0.2) is 16.4 Å². The summed E-state index contributed by atoms with van der Waals surface area (Å²) in [7, 11) is 1.61. The molecule has 16 nitrogen and oxygen atoms in total. The number of nitrogens with one attached hydrogen (secondary N) is 2. The molecule has 0 aromatic carbocycles. The minimum Gasteiger partial charge on any atom is -0.479 e. The van der Waals surface area contributed by atoms with E-state index in [9.17, 15) is 24.3 Å². The van der Waals surface area contributed by atoms with Crippen LogP contribution >= 0.6 is 35.3 Å². The molecule has 8 N–H and O–H groups in total. The van der Waals surface area contributed by atoms with E-state index in [0.717, 1.165) is 33.4 Å². The Morgan fingerprint density at radius 3 is 2.74 bits per heavy atom. The van der Waals surface area contributed by atoms with Crippen LogP contribution in [-0.2, 0) is 24.0 Å². The van der Waals surface area contributed by atoms with Gasteiger partial charge in [-0.1, -0.05) is 17.4 Å². The number of β-lactam (4-membered cyclic amide) rings is 1. The number of aliphatic imine (C=N–C) groups is 1. The lowest BCUT2D eigenvalue weighted by atomic mass is 9.87. The summed E-state index contributed by atoms with van der Waals surface area (Å²) in [5, 5.41) is 34.4. The summed E-state index contributed by atoms with van der Waals surface area (Å²) in [4.78, 5) is 65.3. The maximum absolute atomic E-state index is 13.5. The van der Waals surface area contributed by atoms with Gasteiger partial charge in [-0.05, 0) is 0 Å². The molecule has 3 aliphatic rings. The first kappa shape index (κ1) is 28.1. The van der Waals surface area contributed by atoms with Gasteiger partial charge in [-0.3, -0.25) is 19.9 Å². The van der Waals surface area contributed by atoms with Crippen LogP contribution in [0.15, 0.2) is 26.8 Å². The van der Waals surface area contributed by atoms with Crippen LogP contribution in [0.3, 0.4) is 0 Å². The number of likely N-dealkylation sites (N-methyl/N-ethyl adjacent to an activating group) is 1. The van der Waals surface area contributed by atoms with E-state index in [-0.39, 0.29) is 45.9 Å². The van der Waals surface area contributed by atoms with E-state index < -0.39 is 53.2 Å². The largest absolute Gasteiger partial charge is 0.479 e. The van der Waals surface area contributed by atoms with Crippen LogP contribution < -0.4 is 16.8 Å². The van der Waals surface area contributed by atoms with Crippen molar-refractivity contribution >= 4 is 87.0 Å². The average molecular weight is 596 g/mol. The molecule has 206 valence electrons. The number of thiocarbonyl (C=S) groups is 1. The van der Waals surface area contributed by atoms with Gasteiger partial charge in [0.2, 0.25) is 6.61 Å². The summed E-state index contributed by atoms with van der Waals surface area (Å²) in [6.45, 7) is -0.852. The van der Waals surface area contributed by atoms with Crippen molar-refractivity contribution in [3.05, 3.63) is 22.3 Å². The first-order chi connectivity index (χ1) is 18.4. The number of nitrogens with two attached hydrogens (primary N) is 2. The molecule has 2 unspecified atom stereocenters. The monoisotopic (exact) mass is 595 g/mol. The highest BCUT2D eigenvalue weighted by Gasteiger charge is 2.65. The number of amidine groups is 2. The molecule has 39 heavy (non-hydrogen) atoms.